The largest absolute Gasteiger partial charge is 0.504 e. The third-order valence-electron chi connectivity index (χ3n) is 4.16. The van der Waals surface area contributed by atoms with Gasteiger partial charge in [0.2, 0.25) is 0 Å². The molecule has 0 amide bonds. The van der Waals surface area contributed by atoms with Gasteiger partial charge >= 0.3 is 0 Å². The van der Waals surface area contributed by atoms with Crippen LogP contribution in [-0.4, -0.2) is 21.6 Å². The van der Waals surface area contributed by atoms with E-state index in [2.05, 4.69) is 4.98 Å². The average Bonchev–Trinajstić information content (AvgIpc) is 3.13. The zero-order valence-corrected chi connectivity index (χ0v) is 14.3. The van der Waals surface area contributed by atoms with Crippen molar-refractivity contribution < 1.29 is 14.6 Å². The third-order valence-corrected chi connectivity index (χ3v) is 4.16. The predicted molar refractivity (Wildman–Crippen MR) is 99.6 cm³/mol. The van der Waals surface area contributed by atoms with Gasteiger partial charge in [-0.3, -0.25) is 0 Å². The first-order valence-corrected chi connectivity index (χ1v) is 8.26. The molecule has 2 heterocycles. The molecule has 0 unspecified atom stereocenters. The topological polar surface area (TPSA) is 56.0 Å². The van der Waals surface area contributed by atoms with E-state index >= 15 is 0 Å². The Morgan fingerprint density at radius 2 is 1.85 bits per heavy atom. The summed E-state index contributed by atoms with van der Waals surface area (Å²) in [5.74, 6) is 1.46. The summed E-state index contributed by atoms with van der Waals surface area (Å²) in [5, 5.41) is 9.93. The summed E-state index contributed by atoms with van der Waals surface area (Å²) in [7, 11) is 1.62. The highest BCUT2D eigenvalue weighted by Gasteiger charge is 2.11. The van der Waals surface area contributed by atoms with Gasteiger partial charge in [0.15, 0.2) is 22.9 Å². The molecule has 4 aromatic rings. The monoisotopic (exact) mass is 346 g/mol. The second-order valence-electron chi connectivity index (χ2n) is 5.89. The van der Waals surface area contributed by atoms with Gasteiger partial charge in [0.1, 0.15) is 6.61 Å². The van der Waals surface area contributed by atoms with Crippen LogP contribution in [0, 0.1) is 0 Å². The molecule has 2 aromatic carbocycles. The van der Waals surface area contributed by atoms with Crippen LogP contribution in [-0.2, 0) is 6.61 Å². The fraction of sp³-hybridized carbons (Fsp3) is 0.0952. The summed E-state index contributed by atoms with van der Waals surface area (Å²) < 4.78 is 13.2. The number of hydrogen-bond donors (Lipinski definition) is 1. The van der Waals surface area contributed by atoms with Gasteiger partial charge in [0, 0.05) is 18.0 Å². The van der Waals surface area contributed by atoms with E-state index in [4.69, 9.17) is 9.47 Å². The van der Waals surface area contributed by atoms with Crippen molar-refractivity contribution in [2.45, 2.75) is 6.61 Å². The number of rotatable bonds is 5. The van der Waals surface area contributed by atoms with Crippen molar-refractivity contribution in [3.63, 3.8) is 0 Å². The fourth-order valence-corrected chi connectivity index (χ4v) is 2.82. The van der Waals surface area contributed by atoms with E-state index in [1.54, 1.807) is 23.6 Å². The number of ether oxygens (including phenoxy) is 2. The zero-order valence-electron chi connectivity index (χ0n) is 14.3. The van der Waals surface area contributed by atoms with Crippen LogP contribution in [0.1, 0.15) is 5.56 Å². The van der Waals surface area contributed by atoms with Gasteiger partial charge in [-0.25, -0.2) is 4.98 Å². The molecule has 0 radical (unpaired) electrons. The van der Waals surface area contributed by atoms with E-state index < -0.39 is 0 Å². The SMILES string of the molecule is COc1cc(-c2cn3cccc(O)c3n2)ccc1OCc1ccccc1. The van der Waals surface area contributed by atoms with E-state index in [0.29, 0.717) is 23.8 Å². The number of fused-ring (bicyclic) bond motifs is 1. The lowest BCUT2D eigenvalue weighted by Crippen LogP contribution is -1.97. The summed E-state index contributed by atoms with van der Waals surface area (Å²) in [5.41, 5.74) is 3.25. The third kappa shape index (κ3) is 3.07. The lowest BCUT2D eigenvalue weighted by molar-refractivity contribution is 0.284. The minimum absolute atomic E-state index is 0.147. The van der Waals surface area contributed by atoms with Gasteiger partial charge in [-0.2, -0.15) is 0 Å². The molecule has 0 fully saturated rings. The second kappa shape index (κ2) is 6.80. The van der Waals surface area contributed by atoms with Gasteiger partial charge in [-0.1, -0.05) is 30.3 Å². The average molecular weight is 346 g/mol. The van der Waals surface area contributed by atoms with Crippen molar-refractivity contribution in [3.05, 3.63) is 78.6 Å². The van der Waals surface area contributed by atoms with E-state index in [1.807, 2.05) is 60.9 Å². The molecular weight excluding hydrogens is 328 g/mol. The summed E-state index contributed by atoms with van der Waals surface area (Å²) in [6.07, 6.45) is 3.72. The molecule has 2 aromatic heterocycles. The molecule has 0 spiro atoms. The van der Waals surface area contributed by atoms with E-state index in [-0.39, 0.29) is 5.75 Å². The Kier molecular flexibility index (Phi) is 4.19. The molecule has 0 aliphatic heterocycles. The molecule has 130 valence electrons. The highest BCUT2D eigenvalue weighted by molar-refractivity contribution is 5.68. The molecular formula is C21H18N2O3. The van der Waals surface area contributed by atoms with Crippen molar-refractivity contribution >= 4 is 5.65 Å². The van der Waals surface area contributed by atoms with Crippen LogP contribution in [0.4, 0.5) is 0 Å². The zero-order chi connectivity index (χ0) is 17.9. The predicted octanol–water partition coefficient (Wildman–Crippen LogP) is 4.29. The Balaban J connectivity index is 1.62. The summed E-state index contributed by atoms with van der Waals surface area (Å²) in [6.45, 7) is 0.471. The first-order valence-electron chi connectivity index (χ1n) is 8.26. The van der Waals surface area contributed by atoms with Crippen LogP contribution in [0.25, 0.3) is 16.9 Å². The second-order valence-corrected chi connectivity index (χ2v) is 5.89. The Bertz CT molecular complexity index is 1040. The minimum Gasteiger partial charge on any atom is -0.504 e. The molecule has 0 bridgehead atoms. The lowest BCUT2D eigenvalue weighted by atomic mass is 10.1. The number of pyridine rings is 1. The van der Waals surface area contributed by atoms with Crippen LogP contribution in [0.3, 0.4) is 0 Å². The maximum absolute atomic E-state index is 9.93. The van der Waals surface area contributed by atoms with Crippen molar-refractivity contribution in [1.82, 2.24) is 9.38 Å². The highest BCUT2D eigenvalue weighted by atomic mass is 16.5. The number of aromatic hydroxyl groups is 1. The Hall–Kier alpha value is -3.47. The maximum atomic E-state index is 9.93. The maximum Gasteiger partial charge on any atom is 0.180 e. The van der Waals surface area contributed by atoms with Crippen LogP contribution in [0.5, 0.6) is 17.2 Å². The fourth-order valence-electron chi connectivity index (χ4n) is 2.82. The first kappa shape index (κ1) is 16.0. The van der Waals surface area contributed by atoms with Crippen molar-refractivity contribution in [3.8, 4) is 28.5 Å². The molecule has 0 saturated carbocycles. The molecule has 5 nitrogen and oxygen atoms in total. The number of benzene rings is 2. The quantitative estimate of drug-likeness (QED) is 0.585. The summed E-state index contributed by atoms with van der Waals surface area (Å²) in [6, 6.07) is 19.1. The Morgan fingerprint density at radius 3 is 2.62 bits per heavy atom. The molecule has 26 heavy (non-hydrogen) atoms. The van der Waals surface area contributed by atoms with E-state index in [9.17, 15) is 5.11 Å². The summed E-state index contributed by atoms with van der Waals surface area (Å²) >= 11 is 0. The number of imidazole rings is 1. The summed E-state index contributed by atoms with van der Waals surface area (Å²) in [4.78, 5) is 4.50. The molecule has 1 N–H and O–H groups in total. The van der Waals surface area contributed by atoms with E-state index in [1.165, 1.54) is 0 Å². The number of nitrogens with zero attached hydrogens (tertiary/aromatic N) is 2. The van der Waals surface area contributed by atoms with Gasteiger partial charge in [-0.15, -0.1) is 0 Å². The minimum atomic E-state index is 0.147. The highest BCUT2D eigenvalue weighted by Crippen LogP contribution is 2.33. The van der Waals surface area contributed by atoms with Gasteiger partial charge < -0.3 is 19.0 Å². The van der Waals surface area contributed by atoms with Crippen LogP contribution in [0.15, 0.2) is 73.1 Å². The molecule has 0 aliphatic rings. The van der Waals surface area contributed by atoms with Gasteiger partial charge in [0.25, 0.3) is 0 Å². The lowest BCUT2D eigenvalue weighted by Gasteiger charge is -2.11. The molecule has 0 aliphatic carbocycles. The van der Waals surface area contributed by atoms with Crippen molar-refractivity contribution in [2.24, 2.45) is 0 Å². The number of methoxy groups -OCH3 is 1. The van der Waals surface area contributed by atoms with Crippen molar-refractivity contribution in [1.29, 1.82) is 0 Å². The molecule has 0 atom stereocenters. The van der Waals surface area contributed by atoms with Gasteiger partial charge in [0.05, 0.1) is 12.8 Å². The standard InChI is InChI=1S/C21H18N2O3/c1-25-20-12-16(17-13-23-11-5-8-18(24)21(23)22-17)9-10-19(20)26-14-15-6-3-2-4-7-15/h2-13,24H,14H2,1H3. The smallest absolute Gasteiger partial charge is 0.180 e. The van der Waals surface area contributed by atoms with E-state index in [0.717, 1.165) is 16.8 Å². The molecule has 4 rings (SSSR count). The normalized spacial score (nSPS) is 10.8. The van der Waals surface area contributed by atoms with Crippen LogP contribution < -0.4 is 9.47 Å². The van der Waals surface area contributed by atoms with Crippen LogP contribution >= 0.6 is 0 Å². The number of aromatic nitrogens is 2. The molecule has 5 heteroatoms. The Morgan fingerprint density at radius 1 is 1.00 bits per heavy atom. The van der Waals surface area contributed by atoms with Crippen molar-refractivity contribution in [2.75, 3.05) is 7.11 Å². The van der Waals surface area contributed by atoms with Crippen LogP contribution in [0.2, 0.25) is 0 Å². The molecule has 0 saturated heterocycles. The first-order chi connectivity index (χ1) is 12.7. The Labute approximate surface area is 151 Å². The van der Waals surface area contributed by atoms with Gasteiger partial charge in [-0.05, 0) is 35.9 Å². The number of hydrogen-bond acceptors (Lipinski definition) is 4.